The Morgan fingerprint density at radius 3 is 2.49 bits per heavy atom. The number of ether oxygens (including phenoxy) is 1. The van der Waals surface area contributed by atoms with Crippen LogP contribution in [0.2, 0.25) is 0 Å². The van der Waals surface area contributed by atoms with Crippen molar-refractivity contribution in [1.82, 2.24) is 0 Å². The van der Waals surface area contributed by atoms with Crippen molar-refractivity contribution in [2.75, 3.05) is 11.5 Å². The van der Waals surface area contributed by atoms with Crippen molar-refractivity contribution in [2.45, 2.75) is 66.0 Å². The Kier molecular flexibility index (Phi) is 8.07. The highest BCUT2D eigenvalue weighted by molar-refractivity contribution is 7.17. The minimum absolute atomic E-state index is 0.0850. The first-order chi connectivity index (χ1) is 16.4. The summed E-state index contributed by atoms with van der Waals surface area (Å²) in [6.07, 6.45) is 4.39. The number of carbonyl (C=O) groups is 1. The van der Waals surface area contributed by atoms with E-state index in [0.717, 1.165) is 32.1 Å². The lowest BCUT2D eigenvalue weighted by molar-refractivity contribution is -0.154. The molecule has 8 heteroatoms. The number of nitrogens with one attached hydrogen (secondary N) is 2. The van der Waals surface area contributed by atoms with E-state index in [9.17, 15) is 4.79 Å². The molecule has 0 aliphatic carbocycles. The first kappa shape index (κ1) is 26.5. The average molecular weight is 495 g/mol. The average Bonchev–Trinajstić information content (AvgIpc) is 2.97. The zero-order valence-electron chi connectivity index (χ0n) is 21.2. The van der Waals surface area contributed by atoms with Gasteiger partial charge in [-0.1, -0.05) is 36.4 Å². The van der Waals surface area contributed by atoms with E-state index in [0.29, 0.717) is 12.1 Å². The lowest BCUT2D eigenvalue weighted by atomic mass is 9.98. The Hall–Kier alpha value is -3.10. The number of aliphatic hydroxyl groups excluding tert-OH is 1. The Bertz CT molecular complexity index is 1190. The van der Waals surface area contributed by atoms with Gasteiger partial charge in [0.1, 0.15) is 28.3 Å². The number of fused-ring (bicyclic) bond motifs is 1. The van der Waals surface area contributed by atoms with Crippen LogP contribution in [-0.2, 0) is 9.53 Å². The predicted octanol–water partition coefficient (Wildman–Crippen LogP) is 5.49. The molecule has 0 fully saturated rings. The topological polar surface area (TPSA) is 110 Å². The normalized spacial score (nSPS) is 16.2. The van der Waals surface area contributed by atoms with Gasteiger partial charge < -0.3 is 9.84 Å². The maximum absolute atomic E-state index is 12.7. The summed E-state index contributed by atoms with van der Waals surface area (Å²) in [5.41, 5.74) is 3.88. The number of amidine groups is 2. The maximum atomic E-state index is 12.7. The summed E-state index contributed by atoms with van der Waals surface area (Å²) >= 11 is 1.53. The van der Waals surface area contributed by atoms with Crippen LogP contribution in [0.4, 0.5) is 5.00 Å². The number of rotatable bonds is 6. The number of hydrogen-bond donors (Lipinski definition) is 3. The molecule has 1 aromatic carbocycles. The first-order valence-corrected chi connectivity index (χ1v) is 12.5. The van der Waals surface area contributed by atoms with Gasteiger partial charge in [0.05, 0.1) is 12.1 Å². The number of benzene rings is 1. The zero-order valence-corrected chi connectivity index (χ0v) is 22.0. The molecule has 7 nitrogen and oxygen atoms in total. The fourth-order valence-electron chi connectivity index (χ4n) is 3.87. The number of aliphatic imine (C=N–C) groups is 1. The van der Waals surface area contributed by atoms with Gasteiger partial charge in [-0.3, -0.25) is 25.5 Å². The van der Waals surface area contributed by atoms with Crippen LogP contribution < -0.4 is 4.90 Å². The zero-order chi connectivity index (χ0) is 25.9. The van der Waals surface area contributed by atoms with Crippen molar-refractivity contribution in [2.24, 2.45) is 4.99 Å². The van der Waals surface area contributed by atoms with Crippen LogP contribution in [0.25, 0.3) is 6.08 Å². The molecule has 0 radical (unpaired) electrons. The fraction of sp³-hybridized carbons (Fsp3) is 0.407. The number of hydrogen-bond acceptors (Lipinski definition) is 7. The summed E-state index contributed by atoms with van der Waals surface area (Å²) in [6.45, 7) is 11.2. The lowest BCUT2D eigenvalue weighted by Crippen LogP contribution is -2.41. The summed E-state index contributed by atoms with van der Waals surface area (Å²) in [7, 11) is 0. The molecule has 0 unspecified atom stereocenters. The maximum Gasteiger partial charge on any atom is 0.308 e. The summed E-state index contributed by atoms with van der Waals surface area (Å²) in [5.74, 6) is -0.141. The Morgan fingerprint density at radius 1 is 1.26 bits per heavy atom. The molecule has 2 heterocycles. The molecule has 0 saturated heterocycles. The number of aryl methyl sites for hydroxylation is 1. The van der Waals surface area contributed by atoms with Gasteiger partial charge in [0.15, 0.2) is 0 Å². The summed E-state index contributed by atoms with van der Waals surface area (Å²) in [4.78, 5) is 20.4. The van der Waals surface area contributed by atoms with Crippen molar-refractivity contribution in [1.29, 1.82) is 10.8 Å². The molecule has 0 spiro atoms. The minimum Gasteiger partial charge on any atom is -0.460 e. The fourth-order valence-corrected chi connectivity index (χ4v) is 5.09. The van der Waals surface area contributed by atoms with E-state index in [-0.39, 0.29) is 24.7 Å². The third kappa shape index (κ3) is 6.13. The highest BCUT2D eigenvalue weighted by Crippen LogP contribution is 2.40. The second kappa shape index (κ2) is 10.7. The summed E-state index contributed by atoms with van der Waals surface area (Å²) in [6, 6.07) is 7.14. The van der Waals surface area contributed by atoms with E-state index < -0.39 is 17.6 Å². The van der Waals surface area contributed by atoms with Gasteiger partial charge in [-0.2, -0.15) is 0 Å². The summed E-state index contributed by atoms with van der Waals surface area (Å²) < 4.78 is 5.53. The summed E-state index contributed by atoms with van der Waals surface area (Å²) in [5, 5.41) is 27.1. The largest absolute Gasteiger partial charge is 0.460 e. The highest BCUT2D eigenvalue weighted by Gasteiger charge is 2.35. The molecular weight excluding hydrogens is 460 g/mol. The molecule has 1 aromatic heterocycles. The van der Waals surface area contributed by atoms with Gasteiger partial charge in [0.2, 0.25) is 0 Å². The standard InChI is InChI=1S/C27H34N4O3S/c1-16-17(2)35-26-23(16)24(20-12-10-19(11-13-20)9-7-8-14-32)30-21(25(29)31(26)18(3)28)15-22(33)34-27(4,5)6/h7,9-13,21,28-29,32H,8,14-15H2,1-6H3/b9-7+,28-18?,29-25?/t21-/m0/s1. The molecule has 0 bridgehead atoms. The van der Waals surface area contributed by atoms with E-state index in [1.54, 1.807) is 11.8 Å². The molecule has 3 N–H and O–H groups in total. The predicted molar refractivity (Wildman–Crippen MR) is 144 cm³/mol. The van der Waals surface area contributed by atoms with Crippen molar-refractivity contribution >= 4 is 45.8 Å². The molecule has 1 aliphatic rings. The number of carbonyl (C=O) groups excluding carboxylic acids is 1. The molecule has 0 saturated carbocycles. The van der Waals surface area contributed by atoms with Gasteiger partial charge >= 0.3 is 5.97 Å². The van der Waals surface area contributed by atoms with Crippen LogP contribution >= 0.6 is 11.3 Å². The second-order valence-electron chi connectivity index (χ2n) is 9.59. The van der Waals surface area contributed by atoms with Crippen LogP contribution in [0.1, 0.15) is 67.7 Å². The molecule has 1 aliphatic heterocycles. The van der Waals surface area contributed by atoms with Crippen molar-refractivity contribution in [3.05, 3.63) is 57.5 Å². The van der Waals surface area contributed by atoms with Crippen LogP contribution in [0.5, 0.6) is 0 Å². The van der Waals surface area contributed by atoms with Gasteiger partial charge in [0, 0.05) is 22.6 Å². The van der Waals surface area contributed by atoms with Crippen molar-refractivity contribution < 1.29 is 14.6 Å². The Balaban J connectivity index is 2.13. The van der Waals surface area contributed by atoms with E-state index in [1.165, 1.54) is 11.3 Å². The first-order valence-electron chi connectivity index (χ1n) is 11.6. The monoisotopic (exact) mass is 494 g/mol. The second-order valence-corrected chi connectivity index (χ2v) is 10.8. The minimum atomic E-state index is -0.788. The highest BCUT2D eigenvalue weighted by atomic mass is 32.1. The van der Waals surface area contributed by atoms with Gasteiger partial charge in [-0.25, -0.2) is 0 Å². The Morgan fingerprint density at radius 2 is 1.91 bits per heavy atom. The number of nitrogens with zero attached hydrogens (tertiary/aromatic N) is 2. The number of thiophene rings is 1. The van der Waals surface area contributed by atoms with Gasteiger partial charge in [0.25, 0.3) is 0 Å². The molecule has 186 valence electrons. The SMILES string of the molecule is CC(=N)N1C(=N)[C@H](CC(=O)OC(C)(C)C)N=C(c2ccc(/C=C/CCO)cc2)c2c1sc(C)c2C. The molecule has 35 heavy (non-hydrogen) atoms. The van der Waals surface area contributed by atoms with Gasteiger partial charge in [-0.15, -0.1) is 11.3 Å². The van der Waals surface area contributed by atoms with E-state index >= 15 is 0 Å². The number of anilines is 1. The quantitative estimate of drug-likeness (QED) is 0.280. The molecule has 3 rings (SSSR count). The van der Waals surface area contributed by atoms with Gasteiger partial charge in [-0.05, 0) is 59.1 Å². The van der Waals surface area contributed by atoms with Crippen LogP contribution in [0.3, 0.4) is 0 Å². The van der Waals surface area contributed by atoms with E-state index in [2.05, 4.69) is 0 Å². The molecule has 2 aromatic rings. The van der Waals surface area contributed by atoms with Crippen LogP contribution in [0, 0.1) is 24.7 Å². The molecule has 1 atom stereocenters. The molecule has 0 amide bonds. The molecular formula is C27H34N4O3S. The van der Waals surface area contributed by atoms with Crippen molar-refractivity contribution in [3.8, 4) is 0 Å². The van der Waals surface area contributed by atoms with E-state index in [4.69, 9.17) is 25.7 Å². The van der Waals surface area contributed by atoms with Crippen LogP contribution in [-0.4, -0.2) is 46.7 Å². The lowest BCUT2D eigenvalue weighted by Gasteiger charge is -2.25. The van der Waals surface area contributed by atoms with Crippen molar-refractivity contribution in [3.63, 3.8) is 0 Å². The third-order valence-corrected chi connectivity index (χ3v) is 6.75. The Labute approximate surface area is 211 Å². The number of esters is 1. The third-order valence-electron chi connectivity index (χ3n) is 5.55. The van der Waals surface area contributed by atoms with E-state index in [1.807, 2.05) is 71.0 Å². The number of aliphatic hydroxyl groups is 1. The smallest absolute Gasteiger partial charge is 0.308 e. The van der Waals surface area contributed by atoms with Crippen LogP contribution in [0.15, 0.2) is 35.3 Å².